The summed E-state index contributed by atoms with van der Waals surface area (Å²) in [5.74, 6) is -0.424. The number of halogens is 3. The monoisotopic (exact) mass is 534 g/mol. The number of morpholine rings is 1. The Labute approximate surface area is 217 Å². The minimum Gasteiger partial charge on any atom is -0.375 e. The number of aryl methyl sites for hydroxylation is 1. The summed E-state index contributed by atoms with van der Waals surface area (Å²) < 4.78 is 25.1. The Morgan fingerprint density at radius 2 is 2.03 bits per heavy atom. The van der Waals surface area contributed by atoms with E-state index in [1.54, 1.807) is 29.9 Å². The van der Waals surface area contributed by atoms with Gasteiger partial charge in [0, 0.05) is 61.2 Å². The lowest BCUT2D eigenvalue weighted by atomic mass is 9.97. The second kappa shape index (κ2) is 10.5. The van der Waals surface area contributed by atoms with E-state index in [1.807, 2.05) is 7.05 Å². The molecule has 0 aliphatic carbocycles. The third kappa shape index (κ3) is 5.08. The lowest BCUT2D eigenvalue weighted by Gasteiger charge is -2.30. The Morgan fingerprint density at radius 3 is 2.81 bits per heavy atom. The Hall–Kier alpha value is -3.05. The van der Waals surface area contributed by atoms with Crippen LogP contribution in [0.15, 0.2) is 52.6 Å². The van der Waals surface area contributed by atoms with Crippen LogP contribution in [-0.4, -0.2) is 61.5 Å². The van der Waals surface area contributed by atoms with Crippen LogP contribution in [0.2, 0.25) is 5.02 Å². The van der Waals surface area contributed by atoms with E-state index < -0.39 is 17.1 Å². The second-order valence-corrected chi connectivity index (χ2v) is 9.23. The largest absolute Gasteiger partial charge is 0.375 e. The number of ether oxygens (including phenoxy) is 1. The van der Waals surface area contributed by atoms with Crippen LogP contribution in [0.25, 0.3) is 16.8 Å². The summed E-state index contributed by atoms with van der Waals surface area (Å²) in [6, 6.07) is 6.13. The van der Waals surface area contributed by atoms with E-state index in [0.29, 0.717) is 47.5 Å². The normalized spacial score (nSPS) is 16.3. The highest BCUT2D eigenvalue weighted by Crippen LogP contribution is 2.32. The van der Waals surface area contributed by atoms with E-state index in [4.69, 9.17) is 16.3 Å². The molecule has 1 atom stereocenters. The molecule has 0 radical (unpaired) electrons. The molecule has 1 aliphatic heterocycles. The molecule has 1 aromatic carbocycles. The molecule has 0 N–H and O–H groups in total. The van der Waals surface area contributed by atoms with Gasteiger partial charge in [-0.15, -0.1) is 12.4 Å². The molecule has 1 unspecified atom stereocenters. The predicted octanol–water partition coefficient (Wildman–Crippen LogP) is 2.39. The SMILES string of the molecule is CN1CCOC(Cc2c(F)cc(Cl)cc2-c2ncnn3cc(Cn4c(=O)ccn(C)c4=O)cc23)C1.Cl. The van der Waals surface area contributed by atoms with Crippen molar-refractivity contribution >= 4 is 29.5 Å². The molecule has 4 heterocycles. The molecule has 0 saturated carbocycles. The molecule has 5 rings (SSSR count). The van der Waals surface area contributed by atoms with Gasteiger partial charge in [0.05, 0.1) is 30.5 Å². The van der Waals surface area contributed by atoms with Gasteiger partial charge in [-0.3, -0.25) is 9.36 Å². The number of hydrogen-bond donors (Lipinski definition) is 0. The van der Waals surface area contributed by atoms with Crippen molar-refractivity contribution in [1.29, 1.82) is 0 Å². The predicted molar refractivity (Wildman–Crippen MR) is 137 cm³/mol. The maximum Gasteiger partial charge on any atom is 0.331 e. The number of nitrogens with zero attached hydrogens (tertiary/aromatic N) is 6. The van der Waals surface area contributed by atoms with Gasteiger partial charge in [0.15, 0.2) is 0 Å². The van der Waals surface area contributed by atoms with Crippen molar-refractivity contribution in [2.75, 3.05) is 26.7 Å². The van der Waals surface area contributed by atoms with E-state index in [1.165, 1.54) is 29.2 Å². The van der Waals surface area contributed by atoms with Gasteiger partial charge in [-0.25, -0.2) is 18.7 Å². The van der Waals surface area contributed by atoms with Gasteiger partial charge in [-0.2, -0.15) is 5.10 Å². The fourth-order valence-corrected chi connectivity index (χ4v) is 4.66. The van der Waals surface area contributed by atoms with Gasteiger partial charge in [0.2, 0.25) is 0 Å². The molecule has 1 fully saturated rings. The summed E-state index contributed by atoms with van der Waals surface area (Å²) >= 11 is 6.25. The molecule has 4 aromatic rings. The zero-order valence-electron chi connectivity index (χ0n) is 19.7. The van der Waals surface area contributed by atoms with Gasteiger partial charge >= 0.3 is 5.69 Å². The third-order valence-corrected chi connectivity index (χ3v) is 6.45. The van der Waals surface area contributed by atoms with Crippen molar-refractivity contribution in [2.45, 2.75) is 19.1 Å². The minimum absolute atomic E-state index is 0. The highest BCUT2D eigenvalue weighted by atomic mass is 35.5. The van der Waals surface area contributed by atoms with Crippen LogP contribution in [0.3, 0.4) is 0 Å². The molecule has 12 heteroatoms. The summed E-state index contributed by atoms with van der Waals surface area (Å²) in [7, 11) is 3.59. The maximum atomic E-state index is 15.2. The quantitative estimate of drug-likeness (QED) is 0.390. The Balaban J connectivity index is 0.00000304. The minimum atomic E-state index is -0.424. The highest BCUT2D eigenvalue weighted by Gasteiger charge is 2.24. The highest BCUT2D eigenvalue weighted by molar-refractivity contribution is 6.31. The first-order valence-electron chi connectivity index (χ1n) is 11.2. The first-order chi connectivity index (χ1) is 16.8. The van der Waals surface area contributed by atoms with Crippen molar-refractivity contribution in [3.05, 3.63) is 85.8 Å². The molecule has 0 spiro atoms. The molecule has 0 bridgehead atoms. The van der Waals surface area contributed by atoms with Crippen LogP contribution < -0.4 is 11.2 Å². The van der Waals surface area contributed by atoms with Gasteiger partial charge in [-0.05, 0) is 30.8 Å². The first-order valence-corrected chi connectivity index (χ1v) is 11.5. The van der Waals surface area contributed by atoms with E-state index >= 15 is 4.39 Å². The van der Waals surface area contributed by atoms with Crippen LogP contribution >= 0.6 is 24.0 Å². The number of fused-ring (bicyclic) bond motifs is 1. The van der Waals surface area contributed by atoms with Crippen LogP contribution in [0.5, 0.6) is 0 Å². The summed E-state index contributed by atoms with van der Waals surface area (Å²) in [5.41, 5.74) is 1.98. The van der Waals surface area contributed by atoms with Crippen LogP contribution in [-0.2, 0) is 24.8 Å². The Bertz CT molecular complexity index is 1530. The molecule has 9 nitrogen and oxygen atoms in total. The molecule has 1 aliphatic rings. The Kier molecular flexibility index (Phi) is 7.60. The molecule has 190 valence electrons. The number of hydrogen-bond acceptors (Lipinski definition) is 6. The maximum absolute atomic E-state index is 15.2. The average Bonchev–Trinajstić information content (AvgIpc) is 3.24. The molecular weight excluding hydrogens is 510 g/mol. The molecule has 0 amide bonds. The number of likely N-dealkylation sites (N-methyl/N-ethyl adjacent to an activating group) is 1. The van der Waals surface area contributed by atoms with Crippen molar-refractivity contribution in [1.82, 2.24) is 28.6 Å². The zero-order valence-corrected chi connectivity index (χ0v) is 21.3. The van der Waals surface area contributed by atoms with Crippen LogP contribution in [0.1, 0.15) is 11.1 Å². The van der Waals surface area contributed by atoms with Crippen LogP contribution in [0, 0.1) is 5.82 Å². The van der Waals surface area contributed by atoms with Gasteiger partial charge < -0.3 is 14.2 Å². The number of benzene rings is 1. The lowest BCUT2D eigenvalue weighted by molar-refractivity contribution is -0.0188. The standard InChI is InChI=1S/C24H24ClFN6O3.ClH/c1-29-5-6-35-17(13-29)10-18-19(8-16(25)9-20(18)26)23-21-7-15(12-32(21)28-14-27-23)11-31-22(33)3-4-30(2)24(31)34;/h3-4,7-9,12,14,17H,5-6,10-11,13H2,1-2H3;1H. The first kappa shape index (κ1) is 26.0. The molecule has 36 heavy (non-hydrogen) atoms. The van der Waals surface area contributed by atoms with E-state index in [2.05, 4.69) is 15.0 Å². The topological polar surface area (TPSA) is 86.7 Å². The fourth-order valence-electron chi connectivity index (χ4n) is 4.46. The van der Waals surface area contributed by atoms with Gasteiger partial charge in [0.1, 0.15) is 12.1 Å². The van der Waals surface area contributed by atoms with Gasteiger partial charge in [0.25, 0.3) is 5.56 Å². The van der Waals surface area contributed by atoms with Crippen molar-refractivity contribution < 1.29 is 9.13 Å². The molecular formula is C24H25Cl2FN6O3. The fraction of sp³-hybridized carbons (Fsp3) is 0.333. The summed E-state index contributed by atoms with van der Waals surface area (Å²) in [4.78, 5) is 31.3. The van der Waals surface area contributed by atoms with E-state index in [0.717, 1.165) is 11.1 Å². The summed E-state index contributed by atoms with van der Waals surface area (Å²) in [6.07, 6.45) is 4.74. The molecule has 3 aromatic heterocycles. The number of aromatic nitrogens is 5. The van der Waals surface area contributed by atoms with Crippen molar-refractivity contribution in [3.8, 4) is 11.3 Å². The average molecular weight is 535 g/mol. The summed E-state index contributed by atoms with van der Waals surface area (Å²) in [5, 5.41) is 4.52. The lowest BCUT2D eigenvalue weighted by Crippen LogP contribution is -2.41. The van der Waals surface area contributed by atoms with E-state index in [9.17, 15) is 9.59 Å². The third-order valence-electron chi connectivity index (χ3n) is 6.23. The zero-order chi connectivity index (χ0) is 24.7. The smallest absolute Gasteiger partial charge is 0.331 e. The van der Waals surface area contributed by atoms with Crippen molar-refractivity contribution in [3.63, 3.8) is 0 Å². The summed E-state index contributed by atoms with van der Waals surface area (Å²) in [6.45, 7) is 2.17. The second-order valence-electron chi connectivity index (χ2n) is 8.79. The Morgan fingerprint density at radius 1 is 1.22 bits per heavy atom. The van der Waals surface area contributed by atoms with Crippen molar-refractivity contribution in [2.24, 2.45) is 7.05 Å². The molecule has 1 saturated heterocycles. The van der Waals surface area contributed by atoms with Crippen LogP contribution in [0.4, 0.5) is 4.39 Å². The van der Waals surface area contributed by atoms with E-state index in [-0.39, 0.29) is 30.1 Å². The van der Waals surface area contributed by atoms with Gasteiger partial charge in [-0.1, -0.05) is 11.6 Å². The number of rotatable bonds is 5.